The Morgan fingerprint density at radius 2 is 1.75 bits per heavy atom. The molecule has 0 N–H and O–H groups in total. The number of nitrogens with zero attached hydrogens (tertiary/aromatic N) is 2. The smallest absolute Gasteiger partial charge is 0.153 e. The number of halogens is 1. The van der Waals surface area contributed by atoms with Gasteiger partial charge in [-0.3, -0.25) is 4.79 Å². The molecule has 0 saturated heterocycles. The van der Waals surface area contributed by atoms with Crippen LogP contribution in [0.15, 0.2) is 85.1 Å². The van der Waals surface area contributed by atoms with E-state index in [0.29, 0.717) is 28.6 Å². The van der Waals surface area contributed by atoms with Gasteiger partial charge in [-0.15, -0.1) is 0 Å². The van der Waals surface area contributed by atoms with Crippen molar-refractivity contribution in [2.45, 2.75) is 6.61 Å². The summed E-state index contributed by atoms with van der Waals surface area (Å²) in [7, 11) is 0. The van der Waals surface area contributed by atoms with E-state index in [2.05, 4.69) is 5.10 Å². The first kappa shape index (κ1) is 18.0. The molecule has 0 bridgehead atoms. The van der Waals surface area contributed by atoms with Gasteiger partial charge < -0.3 is 4.74 Å². The maximum absolute atomic E-state index is 11.6. The quantitative estimate of drug-likeness (QED) is 0.405. The molecule has 0 aliphatic carbocycles. The van der Waals surface area contributed by atoms with Gasteiger partial charge in [-0.05, 0) is 42.0 Å². The van der Waals surface area contributed by atoms with E-state index < -0.39 is 0 Å². The largest absolute Gasteiger partial charge is 0.489 e. The Labute approximate surface area is 168 Å². The third-order valence-electron chi connectivity index (χ3n) is 4.32. The Morgan fingerprint density at radius 1 is 0.964 bits per heavy atom. The summed E-state index contributed by atoms with van der Waals surface area (Å²) in [6.45, 7) is 0.430. The van der Waals surface area contributed by atoms with E-state index in [9.17, 15) is 4.79 Å². The zero-order chi connectivity index (χ0) is 19.3. The summed E-state index contributed by atoms with van der Waals surface area (Å²) in [6.07, 6.45) is 2.56. The Hall–Kier alpha value is -3.37. The molecule has 0 fully saturated rings. The highest BCUT2D eigenvalue weighted by Gasteiger charge is 2.12. The lowest BCUT2D eigenvalue weighted by Gasteiger charge is -2.08. The SMILES string of the molecule is O=Cc1cn(-c2ccccc2)nc1-c1cccc(OCc2ccc(Cl)cc2)c1. The lowest BCUT2D eigenvalue weighted by Crippen LogP contribution is -1.96. The van der Waals surface area contributed by atoms with Gasteiger partial charge in [0.15, 0.2) is 6.29 Å². The second kappa shape index (κ2) is 8.11. The monoisotopic (exact) mass is 388 g/mol. The van der Waals surface area contributed by atoms with E-state index in [1.807, 2.05) is 78.9 Å². The summed E-state index contributed by atoms with van der Waals surface area (Å²) in [6, 6.07) is 24.8. The van der Waals surface area contributed by atoms with Crippen molar-refractivity contribution in [3.8, 4) is 22.7 Å². The molecule has 0 spiro atoms. The third-order valence-corrected chi connectivity index (χ3v) is 4.57. The van der Waals surface area contributed by atoms with Crippen molar-refractivity contribution < 1.29 is 9.53 Å². The molecule has 28 heavy (non-hydrogen) atoms. The minimum absolute atomic E-state index is 0.430. The molecule has 4 nitrogen and oxygen atoms in total. The van der Waals surface area contributed by atoms with Crippen LogP contribution in [0.4, 0.5) is 0 Å². The minimum Gasteiger partial charge on any atom is -0.489 e. The highest BCUT2D eigenvalue weighted by molar-refractivity contribution is 6.30. The Bertz CT molecular complexity index is 1090. The van der Waals surface area contributed by atoms with E-state index >= 15 is 0 Å². The molecule has 0 unspecified atom stereocenters. The van der Waals surface area contributed by atoms with Crippen LogP contribution in [0.25, 0.3) is 16.9 Å². The van der Waals surface area contributed by atoms with Crippen molar-refractivity contribution in [2.75, 3.05) is 0 Å². The van der Waals surface area contributed by atoms with Crippen molar-refractivity contribution in [3.63, 3.8) is 0 Å². The van der Waals surface area contributed by atoms with Crippen molar-refractivity contribution in [1.82, 2.24) is 9.78 Å². The van der Waals surface area contributed by atoms with E-state index in [4.69, 9.17) is 16.3 Å². The predicted octanol–water partition coefficient (Wildman–Crippen LogP) is 5.58. The van der Waals surface area contributed by atoms with Crippen LogP contribution < -0.4 is 4.74 Å². The van der Waals surface area contributed by atoms with E-state index in [-0.39, 0.29) is 0 Å². The third kappa shape index (κ3) is 3.97. The molecule has 4 aromatic rings. The summed E-state index contributed by atoms with van der Waals surface area (Å²) in [5, 5.41) is 5.30. The molecule has 4 rings (SSSR count). The number of carbonyl (C=O) groups excluding carboxylic acids is 1. The van der Waals surface area contributed by atoms with Crippen LogP contribution >= 0.6 is 11.6 Å². The predicted molar refractivity (Wildman–Crippen MR) is 110 cm³/mol. The van der Waals surface area contributed by atoms with Crippen LogP contribution in [0.1, 0.15) is 15.9 Å². The lowest BCUT2D eigenvalue weighted by molar-refractivity contribution is 0.112. The van der Waals surface area contributed by atoms with Crippen molar-refractivity contribution >= 4 is 17.9 Å². The lowest BCUT2D eigenvalue weighted by atomic mass is 10.1. The zero-order valence-electron chi connectivity index (χ0n) is 15.0. The number of hydrogen-bond acceptors (Lipinski definition) is 3. The summed E-state index contributed by atoms with van der Waals surface area (Å²) in [5.41, 5.74) is 3.89. The maximum Gasteiger partial charge on any atom is 0.153 e. The number of benzene rings is 3. The van der Waals surface area contributed by atoms with E-state index in [1.54, 1.807) is 10.9 Å². The fraction of sp³-hybridized carbons (Fsp3) is 0.0435. The molecule has 0 amide bonds. The minimum atomic E-state index is 0.430. The van der Waals surface area contributed by atoms with Gasteiger partial charge in [-0.2, -0.15) is 5.10 Å². The molecule has 1 aromatic heterocycles. The molecule has 0 aliphatic rings. The van der Waals surface area contributed by atoms with Crippen LogP contribution in [-0.2, 0) is 6.61 Å². The van der Waals surface area contributed by atoms with Crippen LogP contribution in [0.2, 0.25) is 5.02 Å². The van der Waals surface area contributed by atoms with Crippen molar-refractivity contribution in [1.29, 1.82) is 0 Å². The highest BCUT2D eigenvalue weighted by Crippen LogP contribution is 2.26. The number of para-hydroxylation sites is 1. The van der Waals surface area contributed by atoms with Gasteiger partial charge in [0.25, 0.3) is 0 Å². The maximum atomic E-state index is 11.6. The van der Waals surface area contributed by atoms with Crippen LogP contribution in [0, 0.1) is 0 Å². The van der Waals surface area contributed by atoms with Crippen molar-refractivity contribution in [3.05, 3.63) is 101 Å². The van der Waals surface area contributed by atoms with Gasteiger partial charge in [-0.1, -0.05) is 54.1 Å². The molecule has 3 aromatic carbocycles. The fourth-order valence-corrected chi connectivity index (χ4v) is 3.02. The van der Waals surface area contributed by atoms with Crippen LogP contribution in [0.3, 0.4) is 0 Å². The summed E-state index contributed by atoms with van der Waals surface area (Å²) < 4.78 is 7.60. The van der Waals surface area contributed by atoms with Gasteiger partial charge >= 0.3 is 0 Å². The first-order chi connectivity index (χ1) is 13.7. The van der Waals surface area contributed by atoms with Crippen LogP contribution in [0.5, 0.6) is 5.75 Å². The zero-order valence-corrected chi connectivity index (χ0v) is 15.7. The molecular weight excluding hydrogens is 372 g/mol. The summed E-state index contributed by atoms with van der Waals surface area (Å²) >= 11 is 5.91. The second-order valence-corrected chi connectivity index (χ2v) is 6.71. The number of hydrogen-bond donors (Lipinski definition) is 0. The number of aldehydes is 1. The van der Waals surface area contributed by atoms with Gasteiger partial charge in [0.2, 0.25) is 0 Å². The highest BCUT2D eigenvalue weighted by atomic mass is 35.5. The van der Waals surface area contributed by atoms with Gasteiger partial charge in [0.05, 0.1) is 11.3 Å². The van der Waals surface area contributed by atoms with Crippen LogP contribution in [-0.4, -0.2) is 16.1 Å². The first-order valence-electron chi connectivity index (χ1n) is 8.81. The molecule has 0 radical (unpaired) electrons. The van der Waals surface area contributed by atoms with E-state index in [1.165, 1.54) is 0 Å². The summed E-state index contributed by atoms with van der Waals surface area (Å²) in [4.78, 5) is 11.6. The summed E-state index contributed by atoms with van der Waals surface area (Å²) in [5.74, 6) is 0.707. The normalized spacial score (nSPS) is 10.6. The Kier molecular flexibility index (Phi) is 5.22. The molecular formula is C23H17ClN2O2. The first-order valence-corrected chi connectivity index (χ1v) is 9.19. The molecule has 0 aliphatic heterocycles. The van der Waals surface area contributed by atoms with Gasteiger partial charge in [0.1, 0.15) is 18.1 Å². The topological polar surface area (TPSA) is 44.1 Å². The Morgan fingerprint density at radius 3 is 2.50 bits per heavy atom. The second-order valence-electron chi connectivity index (χ2n) is 6.27. The molecule has 138 valence electrons. The fourth-order valence-electron chi connectivity index (χ4n) is 2.89. The number of carbonyl (C=O) groups is 1. The number of ether oxygens (including phenoxy) is 1. The Balaban J connectivity index is 1.59. The van der Waals surface area contributed by atoms with Crippen molar-refractivity contribution in [2.24, 2.45) is 0 Å². The molecule has 0 saturated carbocycles. The molecule has 0 atom stereocenters. The average molecular weight is 389 g/mol. The average Bonchev–Trinajstić information content (AvgIpc) is 3.19. The number of aromatic nitrogens is 2. The van der Waals surface area contributed by atoms with E-state index in [0.717, 1.165) is 23.1 Å². The molecule has 5 heteroatoms. The van der Waals surface area contributed by atoms with Gasteiger partial charge in [-0.25, -0.2) is 4.68 Å². The molecule has 1 heterocycles. The number of rotatable bonds is 6. The standard InChI is InChI=1S/C23H17ClN2O2/c24-20-11-9-17(10-12-20)16-28-22-8-4-5-18(13-22)23-19(15-27)14-26(25-23)21-6-2-1-3-7-21/h1-15H,16H2. The van der Waals surface area contributed by atoms with Gasteiger partial charge in [0, 0.05) is 16.8 Å².